The maximum Gasteiger partial charge on any atom is 0.242 e. The van der Waals surface area contributed by atoms with Crippen LogP contribution in [0.3, 0.4) is 0 Å². The topological polar surface area (TPSA) is 75.3 Å². The molecule has 1 amide bonds. The van der Waals surface area contributed by atoms with Crippen molar-refractivity contribution in [2.24, 2.45) is 0 Å². The van der Waals surface area contributed by atoms with E-state index >= 15 is 0 Å². The lowest BCUT2D eigenvalue weighted by Crippen LogP contribution is -2.51. The molecule has 0 spiro atoms. The van der Waals surface area contributed by atoms with Crippen LogP contribution in [0.15, 0.2) is 53.4 Å². The van der Waals surface area contributed by atoms with Gasteiger partial charge in [-0.2, -0.15) is 4.72 Å². The van der Waals surface area contributed by atoms with Gasteiger partial charge in [-0.25, -0.2) is 8.42 Å². The van der Waals surface area contributed by atoms with Crippen LogP contribution in [0.2, 0.25) is 10.0 Å². The molecule has 156 valence electrons. The zero-order valence-electron chi connectivity index (χ0n) is 15.9. The smallest absolute Gasteiger partial charge is 0.242 e. The van der Waals surface area contributed by atoms with Crippen molar-refractivity contribution in [1.82, 2.24) is 10.0 Å². The average Bonchev–Trinajstić information content (AvgIpc) is 2.70. The molecule has 29 heavy (non-hydrogen) atoms. The number of amides is 1. The molecule has 0 bridgehead atoms. The molecule has 0 unspecified atom stereocenters. The molecule has 0 radical (unpaired) electrons. The Balaban J connectivity index is 1.83. The monoisotopic (exact) mass is 454 g/mol. The summed E-state index contributed by atoms with van der Waals surface area (Å²) in [4.78, 5) is 12.8. The number of nitrogens with one attached hydrogen (secondary N) is 2. The van der Waals surface area contributed by atoms with Gasteiger partial charge in [-0.05, 0) is 43.0 Å². The van der Waals surface area contributed by atoms with Crippen LogP contribution in [0, 0.1) is 0 Å². The third-order valence-electron chi connectivity index (χ3n) is 5.03. The van der Waals surface area contributed by atoms with Crippen LogP contribution in [-0.2, 0) is 21.2 Å². The Bertz CT molecular complexity index is 946. The SMILES string of the molecule is O=C(NC1CCCCC1)[C@@H](Cc1ccccc1)NS(=O)(=O)c1cc(Cl)ccc1Cl. The molecule has 1 saturated carbocycles. The third-order valence-corrected chi connectivity index (χ3v) is 7.22. The zero-order valence-corrected chi connectivity index (χ0v) is 18.2. The second kappa shape index (κ2) is 9.94. The quantitative estimate of drug-likeness (QED) is 0.653. The van der Waals surface area contributed by atoms with Gasteiger partial charge in [-0.15, -0.1) is 0 Å². The Kier molecular flexibility index (Phi) is 7.57. The van der Waals surface area contributed by atoms with Gasteiger partial charge in [0.1, 0.15) is 10.9 Å². The number of carbonyl (C=O) groups is 1. The van der Waals surface area contributed by atoms with Crippen LogP contribution in [0.1, 0.15) is 37.7 Å². The van der Waals surface area contributed by atoms with E-state index in [9.17, 15) is 13.2 Å². The summed E-state index contributed by atoms with van der Waals surface area (Å²) in [6.07, 6.45) is 5.36. The van der Waals surface area contributed by atoms with E-state index in [1.165, 1.54) is 24.6 Å². The van der Waals surface area contributed by atoms with Crippen molar-refractivity contribution in [2.75, 3.05) is 0 Å². The lowest BCUT2D eigenvalue weighted by molar-refractivity contribution is -0.123. The Hall–Kier alpha value is -1.60. The number of benzene rings is 2. The van der Waals surface area contributed by atoms with Crippen LogP contribution in [0.25, 0.3) is 0 Å². The van der Waals surface area contributed by atoms with Crippen LogP contribution in [0.4, 0.5) is 0 Å². The summed E-state index contributed by atoms with van der Waals surface area (Å²) in [5.41, 5.74) is 0.858. The fourth-order valence-electron chi connectivity index (χ4n) is 3.52. The summed E-state index contributed by atoms with van der Waals surface area (Å²) in [6, 6.07) is 12.6. The van der Waals surface area contributed by atoms with Gasteiger partial charge in [-0.1, -0.05) is 72.8 Å². The van der Waals surface area contributed by atoms with Crippen molar-refractivity contribution >= 4 is 39.1 Å². The molecule has 1 aliphatic carbocycles. The van der Waals surface area contributed by atoms with E-state index in [1.54, 1.807) is 0 Å². The fraction of sp³-hybridized carbons (Fsp3) is 0.381. The van der Waals surface area contributed by atoms with Gasteiger partial charge in [0.25, 0.3) is 0 Å². The molecular formula is C21H24Cl2N2O3S. The molecule has 2 aromatic rings. The first-order valence-corrected chi connectivity index (χ1v) is 11.9. The van der Waals surface area contributed by atoms with Gasteiger partial charge in [0.05, 0.1) is 5.02 Å². The Morgan fingerprint density at radius 1 is 1.03 bits per heavy atom. The van der Waals surface area contributed by atoms with Gasteiger partial charge in [-0.3, -0.25) is 4.79 Å². The Morgan fingerprint density at radius 3 is 2.41 bits per heavy atom. The van der Waals surface area contributed by atoms with E-state index in [0.717, 1.165) is 31.2 Å². The number of carbonyl (C=O) groups excluding carboxylic acids is 1. The number of rotatable bonds is 7. The first kappa shape index (κ1) is 22.1. The fourth-order valence-corrected chi connectivity index (χ4v) is 5.48. The summed E-state index contributed by atoms with van der Waals surface area (Å²) in [5.74, 6) is -0.331. The Morgan fingerprint density at radius 2 is 1.72 bits per heavy atom. The van der Waals surface area contributed by atoms with Crippen molar-refractivity contribution < 1.29 is 13.2 Å². The third kappa shape index (κ3) is 6.19. The largest absolute Gasteiger partial charge is 0.352 e. The molecule has 0 saturated heterocycles. The van der Waals surface area contributed by atoms with Crippen molar-refractivity contribution in [1.29, 1.82) is 0 Å². The molecule has 1 atom stereocenters. The van der Waals surface area contributed by atoms with E-state index in [2.05, 4.69) is 10.0 Å². The minimum Gasteiger partial charge on any atom is -0.352 e. The van der Waals surface area contributed by atoms with Crippen molar-refractivity contribution in [3.05, 3.63) is 64.1 Å². The van der Waals surface area contributed by atoms with Crippen molar-refractivity contribution in [2.45, 2.75) is 55.5 Å². The van der Waals surface area contributed by atoms with Gasteiger partial charge in [0.2, 0.25) is 15.9 Å². The molecule has 0 heterocycles. The molecule has 0 aromatic heterocycles. The molecule has 8 heteroatoms. The minimum absolute atomic E-state index is 0.0491. The van der Waals surface area contributed by atoms with E-state index in [0.29, 0.717) is 0 Å². The second-order valence-electron chi connectivity index (χ2n) is 7.28. The summed E-state index contributed by atoms with van der Waals surface area (Å²) < 4.78 is 28.5. The van der Waals surface area contributed by atoms with E-state index in [-0.39, 0.29) is 33.3 Å². The lowest BCUT2D eigenvalue weighted by atomic mass is 9.95. The number of hydrogen-bond acceptors (Lipinski definition) is 3. The maximum atomic E-state index is 13.0. The highest BCUT2D eigenvalue weighted by atomic mass is 35.5. The van der Waals surface area contributed by atoms with Crippen LogP contribution in [-0.4, -0.2) is 26.4 Å². The summed E-state index contributed by atoms with van der Waals surface area (Å²) in [5, 5.41) is 3.31. The molecule has 2 N–H and O–H groups in total. The highest BCUT2D eigenvalue weighted by Crippen LogP contribution is 2.25. The van der Waals surface area contributed by atoms with Gasteiger partial charge in [0.15, 0.2) is 0 Å². The lowest BCUT2D eigenvalue weighted by Gasteiger charge is -2.26. The van der Waals surface area contributed by atoms with E-state index in [1.807, 2.05) is 30.3 Å². The highest BCUT2D eigenvalue weighted by molar-refractivity contribution is 7.89. The maximum absolute atomic E-state index is 13.0. The van der Waals surface area contributed by atoms with Crippen LogP contribution >= 0.6 is 23.2 Å². The summed E-state index contributed by atoms with van der Waals surface area (Å²) in [6.45, 7) is 0. The molecule has 0 aliphatic heterocycles. The molecule has 3 rings (SSSR count). The highest BCUT2D eigenvalue weighted by Gasteiger charge is 2.29. The van der Waals surface area contributed by atoms with Crippen LogP contribution in [0.5, 0.6) is 0 Å². The predicted molar refractivity (Wildman–Crippen MR) is 116 cm³/mol. The van der Waals surface area contributed by atoms with Gasteiger partial charge >= 0.3 is 0 Å². The van der Waals surface area contributed by atoms with Gasteiger partial charge < -0.3 is 5.32 Å². The molecule has 1 fully saturated rings. The van der Waals surface area contributed by atoms with E-state index in [4.69, 9.17) is 23.2 Å². The average molecular weight is 455 g/mol. The minimum atomic E-state index is -4.05. The summed E-state index contributed by atoms with van der Waals surface area (Å²) >= 11 is 12.0. The van der Waals surface area contributed by atoms with E-state index < -0.39 is 16.1 Å². The number of sulfonamides is 1. The van der Waals surface area contributed by atoms with Crippen molar-refractivity contribution in [3.63, 3.8) is 0 Å². The van der Waals surface area contributed by atoms with Gasteiger partial charge in [0, 0.05) is 11.1 Å². The first-order valence-electron chi connectivity index (χ1n) is 9.67. The molecular weight excluding hydrogens is 431 g/mol. The zero-order chi connectivity index (χ0) is 20.9. The first-order chi connectivity index (χ1) is 13.8. The standard InChI is InChI=1S/C21H24Cl2N2O3S/c22-16-11-12-18(23)20(14-16)29(27,28)25-19(13-15-7-3-1-4-8-15)21(26)24-17-9-5-2-6-10-17/h1,3-4,7-8,11-12,14,17,19,25H,2,5-6,9-10,13H2,(H,24,26)/t19-/m1/s1. The van der Waals surface area contributed by atoms with Crippen LogP contribution < -0.4 is 10.0 Å². The number of halogens is 2. The number of hydrogen-bond donors (Lipinski definition) is 2. The Labute approximate surface area is 181 Å². The second-order valence-corrected chi connectivity index (χ2v) is 9.81. The summed E-state index contributed by atoms with van der Waals surface area (Å²) in [7, 11) is -4.05. The molecule has 1 aliphatic rings. The predicted octanol–water partition coefficient (Wildman–Crippen LogP) is 4.33. The molecule has 5 nitrogen and oxygen atoms in total. The van der Waals surface area contributed by atoms with Crippen molar-refractivity contribution in [3.8, 4) is 0 Å². The normalized spacial score (nSPS) is 16.3. The molecule has 2 aromatic carbocycles.